The van der Waals surface area contributed by atoms with Gasteiger partial charge in [-0.05, 0) is 24.6 Å². The molecule has 0 aliphatic rings. The van der Waals surface area contributed by atoms with E-state index in [1.165, 1.54) is 11.0 Å². The molecule has 0 atom stereocenters. The lowest BCUT2D eigenvalue weighted by Gasteiger charge is -2.21. The predicted molar refractivity (Wildman–Crippen MR) is 76.3 cm³/mol. The molecule has 0 fully saturated rings. The molecule has 112 valence electrons. The molecule has 4 nitrogen and oxygen atoms in total. The van der Waals surface area contributed by atoms with Gasteiger partial charge in [-0.25, -0.2) is 4.79 Å². The quantitative estimate of drug-likeness (QED) is 0.760. The molecule has 0 unspecified atom stereocenters. The van der Waals surface area contributed by atoms with Crippen molar-refractivity contribution in [3.05, 3.63) is 24.3 Å². The van der Waals surface area contributed by atoms with Gasteiger partial charge in [0.25, 0.3) is 5.76 Å². The zero-order valence-electron chi connectivity index (χ0n) is 11.2. The number of aliphatic hydroxyl groups is 1. The molecule has 7 heteroatoms. The van der Waals surface area contributed by atoms with E-state index in [2.05, 4.69) is 5.32 Å². The van der Waals surface area contributed by atoms with Gasteiger partial charge >= 0.3 is 6.03 Å². The van der Waals surface area contributed by atoms with Crippen molar-refractivity contribution in [2.24, 2.45) is 0 Å². The Morgan fingerprint density at radius 1 is 1.45 bits per heavy atom. The second kappa shape index (κ2) is 8.76. The van der Waals surface area contributed by atoms with Gasteiger partial charge in [-0.1, -0.05) is 24.8 Å². The maximum absolute atomic E-state index is 12.3. The van der Waals surface area contributed by atoms with Gasteiger partial charge in [-0.3, -0.25) is 0 Å². The Balaban J connectivity index is 2.68. The van der Waals surface area contributed by atoms with Gasteiger partial charge in [0.15, 0.2) is 0 Å². The molecule has 1 aromatic rings. The zero-order chi connectivity index (χ0) is 15.0. The monoisotopic (exact) mass is 304 g/mol. The van der Waals surface area contributed by atoms with Gasteiger partial charge in [0.05, 0.1) is 6.61 Å². The van der Waals surface area contributed by atoms with Gasteiger partial charge in [0.2, 0.25) is 0 Å². The standard InChI is InChI=1S/C13H18F2N2O2S/c1-2-6-17(7-8-18)13(19)16-10-4-3-5-11(9-10)20-12(14)15/h3-5,9,12,18H,2,6-8H2,1H3,(H,16,19). The summed E-state index contributed by atoms with van der Waals surface area (Å²) >= 11 is 0.430. The van der Waals surface area contributed by atoms with E-state index < -0.39 is 5.76 Å². The molecular formula is C13H18F2N2O2S. The van der Waals surface area contributed by atoms with Crippen LogP contribution in [0, 0.1) is 0 Å². The van der Waals surface area contributed by atoms with Gasteiger partial charge in [0, 0.05) is 23.7 Å². The fraction of sp³-hybridized carbons (Fsp3) is 0.462. The average Bonchev–Trinajstić information content (AvgIpc) is 2.38. The van der Waals surface area contributed by atoms with Crippen LogP contribution in [0.15, 0.2) is 29.2 Å². The fourth-order valence-electron chi connectivity index (χ4n) is 1.66. The lowest BCUT2D eigenvalue weighted by molar-refractivity contribution is 0.188. The maximum atomic E-state index is 12.3. The fourth-order valence-corrected chi connectivity index (χ4v) is 2.22. The first-order valence-corrected chi connectivity index (χ1v) is 7.16. The summed E-state index contributed by atoms with van der Waals surface area (Å²) in [5.41, 5.74) is 0.458. The van der Waals surface area contributed by atoms with Crippen LogP contribution in [0.5, 0.6) is 0 Å². The van der Waals surface area contributed by atoms with Gasteiger partial charge in [-0.15, -0.1) is 0 Å². The molecule has 0 saturated heterocycles. The highest BCUT2D eigenvalue weighted by atomic mass is 32.2. The average molecular weight is 304 g/mol. The first-order valence-electron chi connectivity index (χ1n) is 6.28. The number of carbonyl (C=O) groups excluding carboxylic acids is 1. The van der Waals surface area contributed by atoms with Crippen LogP contribution in [0.3, 0.4) is 0 Å². The van der Waals surface area contributed by atoms with Crippen LogP contribution >= 0.6 is 11.8 Å². The summed E-state index contributed by atoms with van der Waals surface area (Å²) in [6.07, 6.45) is 0.773. The number of aliphatic hydroxyl groups excluding tert-OH is 1. The van der Waals surface area contributed by atoms with Crippen molar-refractivity contribution < 1.29 is 18.7 Å². The highest BCUT2D eigenvalue weighted by Crippen LogP contribution is 2.27. The molecule has 2 amide bonds. The van der Waals surface area contributed by atoms with Crippen molar-refractivity contribution in [3.63, 3.8) is 0 Å². The number of halogens is 2. The van der Waals surface area contributed by atoms with E-state index in [4.69, 9.17) is 5.11 Å². The summed E-state index contributed by atoms with van der Waals surface area (Å²) in [5.74, 6) is -2.49. The minimum Gasteiger partial charge on any atom is -0.395 e. The van der Waals surface area contributed by atoms with Crippen LogP contribution in [0.2, 0.25) is 0 Å². The minimum atomic E-state index is -2.49. The lowest BCUT2D eigenvalue weighted by Crippen LogP contribution is -2.37. The smallest absolute Gasteiger partial charge is 0.321 e. The van der Waals surface area contributed by atoms with E-state index >= 15 is 0 Å². The van der Waals surface area contributed by atoms with Crippen molar-refractivity contribution in [1.29, 1.82) is 0 Å². The summed E-state index contributed by atoms with van der Waals surface area (Å²) in [5, 5.41) is 11.6. The molecule has 20 heavy (non-hydrogen) atoms. The molecule has 0 heterocycles. The molecule has 1 aromatic carbocycles. The Hall–Kier alpha value is -1.34. The molecule has 0 aliphatic heterocycles. The van der Waals surface area contributed by atoms with Crippen molar-refractivity contribution in [2.75, 3.05) is 25.0 Å². The largest absolute Gasteiger partial charge is 0.395 e. The molecule has 0 radical (unpaired) electrons. The number of nitrogens with one attached hydrogen (secondary N) is 1. The summed E-state index contributed by atoms with van der Waals surface area (Å²) in [6, 6.07) is 5.95. The second-order valence-corrected chi connectivity index (χ2v) is 5.11. The summed E-state index contributed by atoms with van der Waals surface area (Å²) in [4.78, 5) is 13.8. The van der Waals surface area contributed by atoms with E-state index in [1.807, 2.05) is 6.92 Å². The molecule has 0 aliphatic carbocycles. The first-order chi connectivity index (χ1) is 9.56. The number of benzene rings is 1. The third-order valence-electron chi connectivity index (χ3n) is 2.46. The summed E-state index contributed by atoms with van der Waals surface area (Å²) in [7, 11) is 0. The van der Waals surface area contributed by atoms with E-state index in [9.17, 15) is 13.6 Å². The molecule has 0 aromatic heterocycles. The van der Waals surface area contributed by atoms with Crippen LogP contribution in [0.25, 0.3) is 0 Å². The Labute approximate surface area is 121 Å². The Kier molecular flexibility index (Phi) is 7.32. The van der Waals surface area contributed by atoms with Crippen LogP contribution in [0.4, 0.5) is 19.3 Å². The SMILES string of the molecule is CCCN(CCO)C(=O)Nc1cccc(SC(F)F)c1. The van der Waals surface area contributed by atoms with E-state index in [1.54, 1.807) is 18.2 Å². The predicted octanol–water partition coefficient (Wildman–Crippen LogP) is 3.24. The summed E-state index contributed by atoms with van der Waals surface area (Å²) in [6.45, 7) is 2.58. The van der Waals surface area contributed by atoms with Crippen LogP contribution in [0.1, 0.15) is 13.3 Å². The van der Waals surface area contributed by atoms with Crippen LogP contribution < -0.4 is 5.32 Å². The topological polar surface area (TPSA) is 52.6 Å². The number of urea groups is 1. The van der Waals surface area contributed by atoms with Crippen molar-refractivity contribution in [3.8, 4) is 0 Å². The minimum absolute atomic E-state index is 0.116. The molecular weight excluding hydrogens is 286 g/mol. The third-order valence-corrected chi connectivity index (χ3v) is 3.17. The number of anilines is 1. The van der Waals surface area contributed by atoms with Gasteiger partial charge < -0.3 is 15.3 Å². The highest BCUT2D eigenvalue weighted by molar-refractivity contribution is 7.99. The van der Waals surface area contributed by atoms with Crippen LogP contribution in [-0.2, 0) is 0 Å². The molecule has 1 rings (SSSR count). The zero-order valence-corrected chi connectivity index (χ0v) is 12.0. The molecule has 2 N–H and O–H groups in total. The van der Waals surface area contributed by atoms with Crippen molar-refractivity contribution in [2.45, 2.75) is 24.0 Å². The number of hydrogen-bond acceptors (Lipinski definition) is 3. The van der Waals surface area contributed by atoms with Crippen molar-refractivity contribution in [1.82, 2.24) is 4.90 Å². The Bertz CT molecular complexity index is 427. The molecule has 0 bridgehead atoms. The molecule has 0 saturated carbocycles. The van der Waals surface area contributed by atoms with Crippen molar-refractivity contribution >= 4 is 23.5 Å². The number of carbonyl (C=O) groups is 1. The Morgan fingerprint density at radius 3 is 2.80 bits per heavy atom. The number of amides is 2. The van der Waals surface area contributed by atoms with E-state index in [0.717, 1.165) is 6.42 Å². The maximum Gasteiger partial charge on any atom is 0.321 e. The van der Waals surface area contributed by atoms with E-state index in [-0.39, 0.29) is 19.2 Å². The second-order valence-electron chi connectivity index (χ2n) is 4.05. The number of hydrogen-bond donors (Lipinski definition) is 2. The number of rotatable bonds is 7. The Morgan fingerprint density at radius 2 is 2.20 bits per heavy atom. The highest BCUT2D eigenvalue weighted by Gasteiger charge is 2.12. The van der Waals surface area contributed by atoms with Gasteiger partial charge in [-0.2, -0.15) is 8.78 Å². The van der Waals surface area contributed by atoms with E-state index in [0.29, 0.717) is 28.9 Å². The third kappa shape index (κ3) is 5.75. The number of nitrogens with zero attached hydrogens (tertiary/aromatic N) is 1. The normalized spacial score (nSPS) is 10.7. The van der Waals surface area contributed by atoms with Crippen LogP contribution in [-0.4, -0.2) is 41.5 Å². The number of alkyl halides is 2. The number of thioether (sulfide) groups is 1. The summed E-state index contributed by atoms with van der Waals surface area (Å²) < 4.78 is 24.6. The first kappa shape index (κ1) is 16.7. The lowest BCUT2D eigenvalue weighted by atomic mass is 10.3. The molecule has 0 spiro atoms. The van der Waals surface area contributed by atoms with Gasteiger partial charge in [0.1, 0.15) is 0 Å².